The first-order valence-corrected chi connectivity index (χ1v) is 10.8. The first kappa shape index (κ1) is 21.0. The maximum absolute atomic E-state index is 13.8. The van der Waals surface area contributed by atoms with Crippen LogP contribution in [0.4, 0.5) is 9.52 Å². The predicted molar refractivity (Wildman–Crippen MR) is 119 cm³/mol. The minimum atomic E-state index is -0.336. The fraction of sp³-hybridized carbons (Fsp3) is 0.143. The van der Waals surface area contributed by atoms with E-state index in [9.17, 15) is 9.18 Å². The van der Waals surface area contributed by atoms with Crippen molar-refractivity contribution in [2.24, 2.45) is 0 Å². The number of nitrogens with one attached hydrogen (secondary N) is 1. The summed E-state index contributed by atoms with van der Waals surface area (Å²) in [4.78, 5) is 14.4. The lowest BCUT2D eigenvalue weighted by molar-refractivity contribution is -0.113. The lowest BCUT2D eigenvalue weighted by Crippen LogP contribution is -2.27. The van der Waals surface area contributed by atoms with Gasteiger partial charge in [-0.15, -0.1) is 10.2 Å². The van der Waals surface area contributed by atoms with E-state index < -0.39 is 0 Å². The summed E-state index contributed by atoms with van der Waals surface area (Å²) >= 11 is 2.31. The van der Waals surface area contributed by atoms with Gasteiger partial charge in [0, 0.05) is 5.56 Å². The molecule has 1 N–H and O–H groups in total. The lowest BCUT2D eigenvalue weighted by atomic mass is 10.1. The quantitative estimate of drug-likeness (QED) is 0.544. The molecule has 0 unspecified atom stereocenters. The van der Waals surface area contributed by atoms with Gasteiger partial charge in [0.1, 0.15) is 17.4 Å². The summed E-state index contributed by atoms with van der Waals surface area (Å²) in [6.07, 6.45) is 1.68. The Kier molecular flexibility index (Phi) is 6.01. The van der Waals surface area contributed by atoms with E-state index in [2.05, 4.69) is 10.2 Å². The molecular weight excluding hydrogens is 439 g/mol. The zero-order valence-corrected chi connectivity index (χ0v) is 18.2. The molecule has 1 fully saturated rings. The van der Waals surface area contributed by atoms with Gasteiger partial charge in [-0.3, -0.25) is 10.2 Å². The third-order valence-electron chi connectivity index (χ3n) is 4.36. The molecule has 0 spiro atoms. The van der Waals surface area contributed by atoms with E-state index in [1.807, 2.05) is 0 Å². The SMILES string of the molecule is COc1cc(/C=C2/SC(=N)N(c3nnc(C)s3)C2=O)ccc1OCc1ccccc1F. The Bertz CT molecular complexity index is 1190. The monoisotopic (exact) mass is 456 g/mol. The molecule has 0 saturated carbocycles. The average molecular weight is 457 g/mol. The van der Waals surface area contributed by atoms with Crippen LogP contribution >= 0.6 is 23.1 Å². The van der Waals surface area contributed by atoms with Crippen molar-refractivity contribution < 1.29 is 18.7 Å². The van der Waals surface area contributed by atoms with E-state index in [1.54, 1.807) is 49.4 Å². The summed E-state index contributed by atoms with van der Waals surface area (Å²) in [6, 6.07) is 11.6. The van der Waals surface area contributed by atoms with Gasteiger partial charge >= 0.3 is 0 Å². The minimum absolute atomic E-state index is 0.0607. The highest BCUT2D eigenvalue weighted by atomic mass is 32.2. The van der Waals surface area contributed by atoms with Gasteiger partial charge in [-0.2, -0.15) is 0 Å². The van der Waals surface area contributed by atoms with E-state index in [4.69, 9.17) is 14.9 Å². The molecule has 2 aromatic carbocycles. The number of carbonyl (C=O) groups is 1. The highest BCUT2D eigenvalue weighted by molar-refractivity contribution is 8.19. The number of halogens is 1. The van der Waals surface area contributed by atoms with Gasteiger partial charge in [0.25, 0.3) is 5.91 Å². The molecule has 1 saturated heterocycles. The molecular formula is C21H17FN4O3S2. The van der Waals surface area contributed by atoms with Crippen LogP contribution in [0.5, 0.6) is 11.5 Å². The highest BCUT2D eigenvalue weighted by Gasteiger charge is 2.35. The predicted octanol–water partition coefficient (Wildman–Crippen LogP) is 4.63. The molecule has 10 heteroatoms. The van der Waals surface area contributed by atoms with Crippen molar-refractivity contribution >= 4 is 45.4 Å². The number of nitrogens with zero attached hydrogens (tertiary/aromatic N) is 3. The topological polar surface area (TPSA) is 88.4 Å². The van der Waals surface area contributed by atoms with E-state index in [0.717, 1.165) is 11.8 Å². The minimum Gasteiger partial charge on any atom is -0.493 e. The van der Waals surface area contributed by atoms with Gasteiger partial charge in [0.05, 0.1) is 12.0 Å². The second-order valence-electron chi connectivity index (χ2n) is 6.45. The lowest BCUT2D eigenvalue weighted by Gasteiger charge is -2.12. The zero-order chi connectivity index (χ0) is 22.0. The summed E-state index contributed by atoms with van der Waals surface area (Å²) in [5.41, 5.74) is 1.14. The van der Waals surface area contributed by atoms with E-state index >= 15 is 0 Å². The van der Waals surface area contributed by atoms with Crippen molar-refractivity contribution in [3.63, 3.8) is 0 Å². The van der Waals surface area contributed by atoms with Crippen LogP contribution in [-0.2, 0) is 11.4 Å². The second kappa shape index (κ2) is 8.86. The number of methoxy groups -OCH3 is 1. The number of thioether (sulfide) groups is 1. The largest absolute Gasteiger partial charge is 0.493 e. The van der Waals surface area contributed by atoms with Gasteiger partial charge in [0.15, 0.2) is 16.7 Å². The number of benzene rings is 2. The van der Waals surface area contributed by atoms with Gasteiger partial charge in [-0.25, -0.2) is 9.29 Å². The van der Waals surface area contributed by atoms with Crippen LogP contribution in [0.2, 0.25) is 0 Å². The first-order valence-electron chi connectivity index (χ1n) is 9.13. The van der Waals surface area contributed by atoms with Crippen LogP contribution in [0.25, 0.3) is 6.08 Å². The zero-order valence-electron chi connectivity index (χ0n) is 16.6. The van der Waals surface area contributed by atoms with E-state index in [0.29, 0.717) is 37.7 Å². The molecule has 1 aliphatic rings. The number of rotatable bonds is 6. The Morgan fingerprint density at radius 1 is 1.19 bits per heavy atom. The van der Waals surface area contributed by atoms with Crippen LogP contribution in [0.15, 0.2) is 47.4 Å². The Morgan fingerprint density at radius 2 is 2.00 bits per heavy atom. The van der Waals surface area contributed by atoms with Crippen LogP contribution in [0, 0.1) is 18.2 Å². The summed E-state index contributed by atoms with van der Waals surface area (Å²) in [5, 5.41) is 17.2. The number of aryl methyl sites for hydroxylation is 1. The number of anilines is 1. The van der Waals surface area contributed by atoms with E-state index in [-0.39, 0.29) is 23.5 Å². The van der Waals surface area contributed by atoms with Crippen molar-refractivity contribution in [3.05, 3.63) is 69.3 Å². The molecule has 0 aliphatic carbocycles. The Balaban J connectivity index is 1.54. The molecule has 7 nitrogen and oxygen atoms in total. The van der Waals surface area contributed by atoms with Crippen LogP contribution in [0.1, 0.15) is 16.1 Å². The Labute approximate surface area is 186 Å². The van der Waals surface area contributed by atoms with Crippen molar-refractivity contribution in [2.75, 3.05) is 12.0 Å². The number of hydrogen-bond donors (Lipinski definition) is 1. The average Bonchev–Trinajstić information content (AvgIpc) is 3.30. The highest BCUT2D eigenvalue weighted by Crippen LogP contribution is 2.37. The van der Waals surface area contributed by atoms with Crippen molar-refractivity contribution in [1.29, 1.82) is 5.41 Å². The molecule has 0 atom stereocenters. The Morgan fingerprint density at radius 3 is 2.71 bits per heavy atom. The van der Waals surface area contributed by atoms with Crippen molar-refractivity contribution in [3.8, 4) is 11.5 Å². The number of ether oxygens (including phenoxy) is 2. The maximum Gasteiger partial charge on any atom is 0.273 e. The number of amides is 1. The molecule has 3 aromatic rings. The fourth-order valence-corrected chi connectivity index (χ4v) is 4.45. The van der Waals surface area contributed by atoms with Crippen LogP contribution < -0.4 is 14.4 Å². The molecule has 4 rings (SSSR count). The molecule has 158 valence electrons. The normalized spacial score (nSPS) is 15.1. The molecule has 2 heterocycles. The number of hydrogen-bond acceptors (Lipinski definition) is 8. The Hall–Kier alpha value is -3.24. The maximum atomic E-state index is 13.8. The van der Waals surface area contributed by atoms with Gasteiger partial charge in [-0.05, 0) is 48.5 Å². The summed E-state index contributed by atoms with van der Waals surface area (Å²) < 4.78 is 24.9. The second-order valence-corrected chi connectivity index (χ2v) is 8.64. The summed E-state index contributed by atoms with van der Waals surface area (Å²) in [7, 11) is 1.51. The van der Waals surface area contributed by atoms with Crippen molar-refractivity contribution in [1.82, 2.24) is 10.2 Å². The van der Waals surface area contributed by atoms with Gasteiger partial charge in [0.2, 0.25) is 5.13 Å². The molecule has 1 amide bonds. The van der Waals surface area contributed by atoms with Crippen LogP contribution in [-0.4, -0.2) is 28.4 Å². The molecule has 31 heavy (non-hydrogen) atoms. The number of amidine groups is 1. The van der Waals surface area contributed by atoms with Crippen molar-refractivity contribution in [2.45, 2.75) is 13.5 Å². The molecule has 1 aliphatic heterocycles. The first-order chi connectivity index (χ1) is 15.0. The van der Waals surface area contributed by atoms with Crippen LogP contribution in [0.3, 0.4) is 0 Å². The standard InChI is InChI=1S/C21H17FN4O3S2/c1-12-24-25-21(30-12)26-19(27)18(31-20(26)23)10-13-7-8-16(17(9-13)28-2)29-11-14-5-3-4-6-15(14)22/h3-10,23H,11H2,1-2H3/b18-10+,23-20?. The van der Waals surface area contributed by atoms with Gasteiger partial charge < -0.3 is 9.47 Å². The number of carbonyl (C=O) groups excluding carboxylic acids is 1. The summed E-state index contributed by atoms with van der Waals surface area (Å²) in [5.74, 6) is 0.243. The third kappa shape index (κ3) is 4.44. The third-order valence-corrected chi connectivity index (χ3v) is 6.07. The molecule has 0 bridgehead atoms. The fourth-order valence-electron chi connectivity index (χ4n) is 2.85. The number of aromatic nitrogens is 2. The molecule has 0 radical (unpaired) electrons. The van der Waals surface area contributed by atoms with Gasteiger partial charge in [-0.1, -0.05) is 35.6 Å². The summed E-state index contributed by atoms with van der Waals surface area (Å²) in [6.45, 7) is 1.85. The smallest absolute Gasteiger partial charge is 0.273 e. The van der Waals surface area contributed by atoms with E-state index in [1.165, 1.54) is 29.4 Å². The molecule has 1 aromatic heterocycles.